The number of aryl methyl sites for hydroxylation is 1. The lowest BCUT2D eigenvalue weighted by Gasteiger charge is -2.15. The van der Waals surface area contributed by atoms with E-state index in [-0.39, 0.29) is 0 Å². The maximum atomic E-state index is 6.12. The number of ether oxygens (including phenoxy) is 1. The van der Waals surface area contributed by atoms with Gasteiger partial charge in [-0.1, -0.05) is 13.8 Å². The van der Waals surface area contributed by atoms with Crippen LogP contribution in [0.25, 0.3) is 22.2 Å². The number of aromatic nitrogens is 2. The second kappa shape index (κ2) is 7.40. The second-order valence-corrected chi connectivity index (χ2v) is 7.36. The minimum atomic E-state index is 0.480. The molecule has 0 aliphatic heterocycles. The first kappa shape index (κ1) is 17.7. The number of nitrogens with one attached hydrogen (secondary N) is 1. The third-order valence-electron chi connectivity index (χ3n) is 4.12. The summed E-state index contributed by atoms with van der Waals surface area (Å²) in [5, 5.41) is 1.11. The molecule has 132 valence electrons. The Morgan fingerprint density at radius 2 is 1.96 bits per heavy atom. The first-order valence-electron chi connectivity index (χ1n) is 8.43. The summed E-state index contributed by atoms with van der Waals surface area (Å²) in [6, 6.07) is 10.6. The van der Waals surface area contributed by atoms with E-state index in [1.54, 1.807) is 18.9 Å². The van der Waals surface area contributed by atoms with E-state index in [0.717, 1.165) is 33.6 Å². The smallest absolute Gasteiger partial charge is 0.326 e. The van der Waals surface area contributed by atoms with E-state index in [1.165, 1.54) is 4.90 Å². The summed E-state index contributed by atoms with van der Waals surface area (Å²) in [6.07, 6.45) is 4.03. The van der Waals surface area contributed by atoms with E-state index < -0.39 is 0 Å². The highest BCUT2D eigenvalue weighted by molar-refractivity contribution is 7.98. The van der Waals surface area contributed by atoms with Crippen molar-refractivity contribution in [2.75, 3.05) is 20.0 Å². The predicted octanol–water partition coefficient (Wildman–Crippen LogP) is 4.25. The number of fused-ring (bicyclic) bond motifs is 1. The number of benzene rings is 1. The molecule has 2 heterocycles. The van der Waals surface area contributed by atoms with Gasteiger partial charge in [0, 0.05) is 22.9 Å². The molecular weight excluding hydrogens is 332 g/mol. The zero-order chi connectivity index (χ0) is 18.0. The molecule has 4 nitrogen and oxygen atoms in total. The van der Waals surface area contributed by atoms with Gasteiger partial charge in [0.05, 0.1) is 18.2 Å². The fourth-order valence-electron chi connectivity index (χ4n) is 2.95. The predicted molar refractivity (Wildman–Crippen MR) is 103 cm³/mol. The number of rotatable bonds is 6. The summed E-state index contributed by atoms with van der Waals surface area (Å²) >= 11 is 1.74. The van der Waals surface area contributed by atoms with Gasteiger partial charge < -0.3 is 9.57 Å². The van der Waals surface area contributed by atoms with Crippen LogP contribution in [-0.2, 0) is 0 Å². The molecule has 0 saturated carbocycles. The van der Waals surface area contributed by atoms with Crippen LogP contribution in [0.5, 0.6) is 5.75 Å². The summed E-state index contributed by atoms with van der Waals surface area (Å²) < 4.78 is 7.93. The van der Waals surface area contributed by atoms with Crippen molar-refractivity contribution in [3.05, 3.63) is 42.2 Å². The number of nitrogens with zero attached hydrogens (tertiary/aromatic N) is 1. The van der Waals surface area contributed by atoms with Crippen molar-refractivity contribution in [3.8, 4) is 16.9 Å². The second-order valence-electron chi connectivity index (χ2n) is 6.48. The van der Waals surface area contributed by atoms with Crippen molar-refractivity contribution < 1.29 is 14.3 Å². The topological polar surface area (TPSA) is 38.1 Å². The molecule has 5 heteroatoms. The third-order valence-corrected chi connectivity index (χ3v) is 4.85. The van der Waals surface area contributed by atoms with Crippen LogP contribution in [0.2, 0.25) is 0 Å². The van der Waals surface area contributed by atoms with Crippen molar-refractivity contribution in [2.45, 2.75) is 25.7 Å². The summed E-state index contributed by atoms with van der Waals surface area (Å²) in [6.45, 7) is 7.06. The highest BCUT2D eigenvalue weighted by Crippen LogP contribution is 2.37. The molecule has 0 saturated heterocycles. The van der Waals surface area contributed by atoms with Crippen LogP contribution in [0.1, 0.15) is 19.5 Å². The third kappa shape index (κ3) is 3.47. The maximum Gasteiger partial charge on any atom is 0.326 e. The molecule has 0 aliphatic carbocycles. The molecule has 0 bridgehead atoms. The van der Waals surface area contributed by atoms with Gasteiger partial charge in [0.25, 0.3) is 0 Å². The maximum absolute atomic E-state index is 6.12. The van der Waals surface area contributed by atoms with Gasteiger partial charge in [-0.3, -0.25) is 0 Å². The fourth-order valence-corrected chi connectivity index (χ4v) is 3.39. The van der Waals surface area contributed by atoms with Crippen molar-refractivity contribution >= 4 is 22.8 Å². The molecule has 3 rings (SSSR count). The molecule has 0 aliphatic rings. The van der Waals surface area contributed by atoms with E-state index in [2.05, 4.69) is 55.4 Å². The van der Waals surface area contributed by atoms with Gasteiger partial charge in [-0.25, -0.2) is 4.98 Å². The molecule has 0 radical (unpaired) electrons. The van der Waals surface area contributed by atoms with Crippen LogP contribution in [0.15, 0.2) is 41.4 Å². The molecule has 0 fully saturated rings. The lowest BCUT2D eigenvalue weighted by Crippen LogP contribution is -2.44. The average Bonchev–Trinajstić information content (AvgIpc) is 3.08. The zero-order valence-electron chi connectivity index (χ0n) is 15.4. The summed E-state index contributed by atoms with van der Waals surface area (Å²) in [7, 11) is 1.68. The lowest BCUT2D eigenvalue weighted by molar-refractivity contribution is -0.870. The van der Waals surface area contributed by atoms with Crippen LogP contribution in [0, 0.1) is 12.8 Å². The van der Waals surface area contributed by atoms with Crippen LogP contribution in [-0.4, -0.2) is 25.0 Å². The molecular formula is C20H25N2O2S+. The van der Waals surface area contributed by atoms with E-state index >= 15 is 0 Å². The van der Waals surface area contributed by atoms with E-state index in [9.17, 15) is 0 Å². The average molecular weight is 357 g/mol. The van der Waals surface area contributed by atoms with Crippen LogP contribution in [0.4, 0.5) is 0 Å². The molecule has 1 N–H and O–H groups in total. The summed E-state index contributed by atoms with van der Waals surface area (Å²) in [5.41, 5.74) is 4.24. The fraction of sp³-hybridized carbons (Fsp3) is 0.350. The molecule has 0 spiro atoms. The highest BCUT2D eigenvalue weighted by atomic mass is 32.2. The van der Waals surface area contributed by atoms with Gasteiger partial charge in [-0.15, -0.1) is 11.8 Å². The molecule has 3 aromatic rings. The minimum Gasteiger partial charge on any atom is -0.493 e. The van der Waals surface area contributed by atoms with Gasteiger partial charge in [0.1, 0.15) is 18.6 Å². The molecule has 1 aromatic carbocycles. The van der Waals surface area contributed by atoms with Gasteiger partial charge >= 0.3 is 5.65 Å². The van der Waals surface area contributed by atoms with Gasteiger partial charge in [0.15, 0.2) is 0 Å². The van der Waals surface area contributed by atoms with E-state index in [0.29, 0.717) is 12.5 Å². The Morgan fingerprint density at radius 3 is 2.64 bits per heavy atom. The normalized spacial score (nSPS) is 11.3. The Kier molecular flexibility index (Phi) is 5.23. The molecule has 2 aromatic heterocycles. The number of aromatic amines is 1. The molecule has 25 heavy (non-hydrogen) atoms. The largest absolute Gasteiger partial charge is 0.493 e. The Balaban J connectivity index is 2.21. The monoisotopic (exact) mass is 357 g/mol. The molecule has 0 amide bonds. The van der Waals surface area contributed by atoms with E-state index in [1.807, 2.05) is 17.9 Å². The van der Waals surface area contributed by atoms with Crippen molar-refractivity contribution in [1.29, 1.82) is 0 Å². The Bertz CT molecular complexity index is 887. The van der Waals surface area contributed by atoms with Crippen molar-refractivity contribution in [2.24, 2.45) is 5.92 Å². The summed E-state index contributed by atoms with van der Waals surface area (Å²) in [4.78, 5) is 10.0. The molecule has 0 atom stereocenters. The summed E-state index contributed by atoms with van der Waals surface area (Å²) in [5.74, 6) is 1.40. The van der Waals surface area contributed by atoms with Crippen molar-refractivity contribution in [1.82, 2.24) is 4.98 Å². The number of H-pyrrole nitrogens is 1. The van der Waals surface area contributed by atoms with Gasteiger partial charge in [0.2, 0.25) is 0 Å². The highest BCUT2D eigenvalue weighted by Gasteiger charge is 2.20. The lowest BCUT2D eigenvalue weighted by atomic mass is 10.0. The Morgan fingerprint density at radius 1 is 1.16 bits per heavy atom. The Labute approximate surface area is 153 Å². The SMILES string of the molecule is CO[n+]1c(C)cc(-c2cc(SC)ccc2OCC(C)C)c2cc[nH]c21. The number of thioether (sulfide) groups is 1. The van der Waals surface area contributed by atoms with Gasteiger partial charge in [-0.2, -0.15) is 0 Å². The number of hydrogen-bond donors (Lipinski definition) is 1. The minimum absolute atomic E-state index is 0.480. The van der Waals surface area contributed by atoms with Crippen molar-refractivity contribution in [3.63, 3.8) is 0 Å². The van der Waals surface area contributed by atoms with Crippen LogP contribution < -0.4 is 14.3 Å². The first-order chi connectivity index (χ1) is 12.0. The molecule has 0 unspecified atom stereocenters. The van der Waals surface area contributed by atoms with Gasteiger partial charge in [-0.05, 0) is 47.2 Å². The quantitative estimate of drug-likeness (QED) is 0.529. The Hall–Kier alpha value is -2.14. The van der Waals surface area contributed by atoms with Crippen LogP contribution in [0.3, 0.4) is 0 Å². The standard InChI is InChI=1S/C20H24N2O2S/c1-13(2)12-24-19-7-6-15(25-5)11-18(19)17-10-14(3)22(23-4)20-16(17)8-9-21-20/h6-11,13H,12H2,1-5H3/p+1. The number of hydrogen-bond acceptors (Lipinski definition) is 3. The zero-order valence-corrected chi connectivity index (χ0v) is 16.2. The van der Waals surface area contributed by atoms with E-state index in [4.69, 9.17) is 9.57 Å². The number of pyridine rings is 1. The van der Waals surface area contributed by atoms with Crippen LogP contribution >= 0.6 is 11.8 Å². The first-order valence-corrected chi connectivity index (χ1v) is 9.66.